The molecule has 1 aromatic heterocycles. The first-order valence-electron chi connectivity index (χ1n) is 8.66. The predicted octanol–water partition coefficient (Wildman–Crippen LogP) is 4.02. The first-order valence-corrected chi connectivity index (χ1v) is 8.66. The number of nitro groups is 1. The van der Waals surface area contributed by atoms with E-state index >= 15 is 0 Å². The molecule has 4 rings (SSSR count). The number of non-ortho nitro benzene ring substituents is 1. The first kappa shape index (κ1) is 17.0. The van der Waals surface area contributed by atoms with Gasteiger partial charge in [0.25, 0.3) is 5.69 Å². The molecule has 0 aliphatic heterocycles. The Labute approximate surface area is 154 Å². The lowest BCUT2D eigenvalue weighted by Gasteiger charge is -2.07. The van der Waals surface area contributed by atoms with Crippen LogP contribution in [0.3, 0.4) is 0 Å². The highest BCUT2D eigenvalue weighted by molar-refractivity contribution is 5.92. The number of fused-ring (bicyclic) bond motifs is 1. The number of hydrogen-bond donors (Lipinski definition) is 1. The summed E-state index contributed by atoms with van der Waals surface area (Å²) in [6.07, 6.45) is 2.39. The van der Waals surface area contributed by atoms with E-state index in [0.717, 1.165) is 29.8 Å². The van der Waals surface area contributed by atoms with Gasteiger partial charge in [-0.1, -0.05) is 0 Å². The monoisotopic (exact) mass is 367 g/mol. The number of oxazole rings is 1. The van der Waals surface area contributed by atoms with Crippen LogP contribution in [0.4, 0.5) is 11.4 Å². The summed E-state index contributed by atoms with van der Waals surface area (Å²) in [5.41, 5.74) is 2.10. The average molecular weight is 367 g/mol. The Morgan fingerprint density at radius 2 is 2.04 bits per heavy atom. The van der Waals surface area contributed by atoms with E-state index in [2.05, 4.69) is 10.3 Å². The van der Waals surface area contributed by atoms with Gasteiger partial charge < -0.3 is 14.5 Å². The number of amides is 1. The Kier molecular flexibility index (Phi) is 4.45. The van der Waals surface area contributed by atoms with E-state index in [1.54, 1.807) is 18.2 Å². The first-order chi connectivity index (χ1) is 13.1. The van der Waals surface area contributed by atoms with Gasteiger partial charge in [-0.25, -0.2) is 4.98 Å². The summed E-state index contributed by atoms with van der Waals surface area (Å²) in [6, 6.07) is 11.1. The molecular formula is C19H17N3O5. The average Bonchev–Trinajstić information content (AvgIpc) is 3.42. The number of aromatic nitrogens is 1. The van der Waals surface area contributed by atoms with E-state index in [-0.39, 0.29) is 24.6 Å². The standard InChI is InChI=1S/C19H17N3O5/c23-18(9-10-26-15-6-4-14(5-7-15)22(24)25)20-13-3-8-17-16(11-13)21-19(27-17)12-1-2-12/h3-8,11-12H,1-2,9-10H2,(H,20,23). The minimum absolute atomic E-state index is 0.00631. The molecule has 1 aliphatic rings. The molecular weight excluding hydrogens is 350 g/mol. The third-order valence-electron chi connectivity index (χ3n) is 4.26. The van der Waals surface area contributed by atoms with Gasteiger partial charge in [0.1, 0.15) is 11.3 Å². The molecule has 1 saturated carbocycles. The fraction of sp³-hybridized carbons (Fsp3) is 0.263. The van der Waals surface area contributed by atoms with Crippen molar-refractivity contribution in [1.82, 2.24) is 4.98 Å². The molecule has 1 amide bonds. The summed E-state index contributed by atoms with van der Waals surface area (Å²) < 4.78 is 11.1. The minimum Gasteiger partial charge on any atom is -0.493 e. The summed E-state index contributed by atoms with van der Waals surface area (Å²) in [5, 5.41) is 13.4. The second kappa shape index (κ2) is 7.06. The number of nitrogens with one attached hydrogen (secondary N) is 1. The number of rotatable bonds is 7. The van der Waals surface area contributed by atoms with Crippen molar-refractivity contribution in [2.45, 2.75) is 25.2 Å². The third-order valence-corrected chi connectivity index (χ3v) is 4.26. The van der Waals surface area contributed by atoms with Crippen LogP contribution in [0.2, 0.25) is 0 Å². The van der Waals surface area contributed by atoms with Gasteiger partial charge in [0.15, 0.2) is 11.5 Å². The quantitative estimate of drug-likeness (QED) is 0.499. The van der Waals surface area contributed by atoms with Gasteiger partial charge >= 0.3 is 0 Å². The number of benzene rings is 2. The number of ether oxygens (including phenoxy) is 1. The van der Waals surface area contributed by atoms with Crippen LogP contribution < -0.4 is 10.1 Å². The number of nitrogens with zero attached hydrogens (tertiary/aromatic N) is 2. The van der Waals surface area contributed by atoms with Gasteiger partial charge in [-0.3, -0.25) is 14.9 Å². The molecule has 8 heteroatoms. The molecule has 0 saturated heterocycles. The lowest BCUT2D eigenvalue weighted by atomic mass is 10.2. The summed E-state index contributed by atoms with van der Waals surface area (Å²) >= 11 is 0. The molecule has 8 nitrogen and oxygen atoms in total. The zero-order valence-electron chi connectivity index (χ0n) is 14.4. The second-order valence-electron chi connectivity index (χ2n) is 6.41. The maximum absolute atomic E-state index is 12.1. The van der Waals surface area contributed by atoms with Gasteiger partial charge in [0.2, 0.25) is 5.91 Å². The minimum atomic E-state index is -0.476. The molecule has 1 heterocycles. The number of carbonyl (C=O) groups is 1. The van der Waals surface area contributed by atoms with Crippen molar-refractivity contribution in [3.05, 3.63) is 58.5 Å². The Bertz CT molecular complexity index is 992. The van der Waals surface area contributed by atoms with E-state index < -0.39 is 4.92 Å². The number of anilines is 1. The highest BCUT2D eigenvalue weighted by Gasteiger charge is 2.28. The van der Waals surface area contributed by atoms with Crippen molar-refractivity contribution in [3.8, 4) is 5.75 Å². The van der Waals surface area contributed by atoms with Gasteiger partial charge in [-0.2, -0.15) is 0 Å². The maximum atomic E-state index is 12.1. The molecule has 1 aliphatic carbocycles. The number of nitro benzene ring substituents is 1. The topological polar surface area (TPSA) is 108 Å². The Hall–Kier alpha value is -3.42. The van der Waals surface area contributed by atoms with Crippen LogP contribution in [0.25, 0.3) is 11.1 Å². The van der Waals surface area contributed by atoms with E-state index in [0.29, 0.717) is 17.4 Å². The van der Waals surface area contributed by atoms with Gasteiger partial charge in [-0.15, -0.1) is 0 Å². The lowest BCUT2D eigenvalue weighted by molar-refractivity contribution is -0.384. The summed E-state index contributed by atoms with van der Waals surface area (Å²) in [5.74, 6) is 1.49. The summed E-state index contributed by atoms with van der Waals surface area (Å²) in [7, 11) is 0. The number of hydrogen-bond acceptors (Lipinski definition) is 6. The molecule has 1 N–H and O–H groups in total. The van der Waals surface area contributed by atoms with Gasteiger partial charge in [-0.05, 0) is 43.2 Å². The molecule has 1 fully saturated rings. The molecule has 2 aromatic carbocycles. The highest BCUT2D eigenvalue weighted by atomic mass is 16.6. The molecule has 0 unspecified atom stereocenters. The molecule has 138 valence electrons. The molecule has 0 bridgehead atoms. The maximum Gasteiger partial charge on any atom is 0.269 e. The molecule has 0 radical (unpaired) electrons. The molecule has 0 atom stereocenters. The second-order valence-corrected chi connectivity index (χ2v) is 6.41. The van der Waals surface area contributed by atoms with Crippen LogP contribution in [0.5, 0.6) is 5.75 Å². The largest absolute Gasteiger partial charge is 0.493 e. The van der Waals surface area contributed by atoms with E-state index in [4.69, 9.17) is 9.15 Å². The Morgan fingerprint density at radius 3 is 2.74 bits per heavy atom. The zero-order chi connectivity index (χ0) is 18.8. The fourth-order valence-electron chi connectivity index (χ4n) is 2.68. The van der Waals surface area contributed by atoms with Crippen LogP contribution >= 0.6 is 0 Å². The van der Waals surface area contributed by atoms with Crippen LogP contribution in [0.1, 0.15) is 31.1 Å². The normalized spacial score (nSPS) is 13.5. The van der Waals surface area contributed by atoms with Crippen LogP contribution in [0, 0.1) is 10.1 Å². The fourth-order valence-corrected chi connectivity index (χ4v) is 2.68. The van der Waals surface area contributed by atoms with E-state index in [1.807, 2.05) is 0 Å². The SMILES string of the molecule is O=C(CCOc1ccc([N+](=O)[O-])cc1)Nc1ccc2oc(C3CC3)nc2c1. The summed E-state index contributed by atoms with van der Waals surface area (Å²) in [6.45, 7) is 0.168. The van der Waals surface area contributed by atoms with Crippen molar-refractivity contribution in [2.75, 3.05) is 11.9 Å². The van der Waals surface area contributed by atoms with Crippen molar-refractivity contribution in [1.29, 1.82) is 0 Å². The number of carbonyl (C=O) groups excluding carboxylic acids is 1. The van der Waals surface area contributed by atoms with Crippen molar-refractivity contribution in [2.24, 2.45) is 0 Å². The Balaban J connectivity index is 1.29. The molecule has 0 spiro atoms. The Morgan fingerprint density at radius 1 is 1.26 bits per heavy atom. The predicted molar refractivity (Wildman–Crippen MR) is 97.8 cm³/mol. The third kappa shape index (κ3) is 4.05. The van der Waals surface area contributed by atoms with Crippen molar-refractivity contribution in [3.63, 3.8) is 0 Å². The van der Waals surface area contributed by atoms with Crippen LogP contribution in [-0.2, 0) is 4.79 Å². The van der Waals surface area contributed by atoms with Crippen molar-refractivity contribution < 1.29 is 18.9 Å². The zero-order valence-corrected chi connectivity index (χ0v) is 14.4. The smallest absolute Gasteiger partial charge is 0.269 e. The van der Waals surface area contributed by atoms with E-state index in [1.165, 1.54) is 24.3 Å². The highest BCUT2D eigenvalue weighted by Crippen LogP contribution is 2.40. The van der Waals surface area contributed by atoms with Crippen LogP contribution in [-0.4, -0.2) is 22.4 Å². The van der Waals surface area contributed by atoms with Crippen molar-refractivity contribution >= 4 is 28.4 Å². The summed E-state index contributed by atoms with van der Waals surface area (Å²) in [4.78, 5) is 26.7. The molecule has 27 heavy (non-hydrogen) atoms. The van der Waals surface area contributed by atoms with E-state index in [9.17, 15) is 14.9 Å². The van der Waals surface area contributed by atoms with Crippen LogP contribution in [0.15, 0.2) is 46.9 Å². The molecule has 3 aromatic rings. The lowest BCUT2D eigenvalue weighted by Crippen LogP contribution is -2.15. The van der Waals surface area contributed by atoms with Gasteiger partial charge in [0, 0.05) is 23.7 Å². The van der Waals surface area contributed by atoms with Gasteiger partial charge in [0.05, 0.1) is 18.0 Å².